The second-order valence-corrected chi connectivity index (χ2v) is 8.25. The molecule has 1 aromatic rings. The third-order valence-electron chi connectivity index (χ3n) is 4.08. The summed E-state index contributed by atoms with van der Waals surface area (Å²) in [5.74, 6) is 1.05. The Hall–Kier alpha value is -0.830. The molecule has 0 spiro atoms. The lowest BCUT2D eigenvalue weighted by Crippen LogP contribution is -2.43. The van der Waals surface area contributed by atoms with Crippen molar-refractivity contribution in [3.05, 3.63) is 16.6 Å². The molecule has 0 radical (unpaired) electrons. The first-order valence-corrected chi connectivity index (χ1v) is 9.51. The van der Waals surface area contributed by atoms with Crippen LogP contribution in [0.4, 0.5) is 0 Å². The van der Waals surface area contributed by atoms with Crippen molar-refractivity contribution in [3.63, 3.8) is 0 Å². The number of fused-ring (bicyclic) bond motifs is 1. The summed E-state index contributed by atoms with van der Waals surface area (Å²) in [6.45, 7) is 2.58. The molecule has 1 aromatic carbocycles. The van der Waals surface area contributed by atoms with Crippen LogP contribution in [-0.4, -0.2) is 52.1 Å². The summed E-state index contributed by atoms with van der Waals surface area (Å²) in [6, 6.07) is 3.23. The van der Waals surface area contributed by atoms with Gasteiger partial charge in [-0.05, 0) is 47.9 Å². The number of nitrogens with one attached hydrogen (secondary N) is 1. The summed E-state index contributed by atoms with van der Waals surface area (Å²) in [4.78, 5) is 0.220. The Labute approximate surface area is 139 Å². The van der Waals surface area contributed by atoms with Gasteiger partial charge in [-0.1, -0.05) is 0 Å². The molecule has 22 heavy (non-hydrogen) atoms. The van der Waals surface area contributed by atoms with Gasteiger partial charge in [0.15, 0.2) is 11.5 Å². The quantitative estimate of drug-likeness (QED) is 0.848. The molecule has 2 heterocycles. The molecule has 0 aliphatic carbocycles. The highest BCUT2D eigenvalue weighted by Crippen LogP contribution is 2.38. The normalized spacial score (nSPS) is 19.4. The van der Waals surface area contributed by atoms with E-state index in [4.69, 9.17) is 9.47 Å². The van der Waals surface area contributed by atoms with Crippen molar-refractivity contribution >= 4 is 26.0 Å². The van der Waals surface area contributed by atoms with Gasteiger partial charge in [0.2, 0.25) is 10.0 Å². The summed E-state index contributed by atoms with van der Waals surface area (Å²) in [6.07, 6.45) is 1.63. The fourth-order valence-corrected chi connectivity index (χ4v) is 5.18. The summed E-state index contributed by atoms with van der Waals surface area (Å²) in [5.41, 5.74) is 0. The van der Waals surface area contributed by atoms with Gasteiger partial charge in [-0.15, -0.1) is 0 Å². The van der Waals surface area contributed by atoms with Crippen molar-refractivity contribution in [2.45, 2.75) is 23.8 Å². The van der Waals surface area contributed by atoms with Gasteiger partial charge in [0.1, 0.15) is 18.1 Å². The SMILES string of the molecule is CN(C1CCNCC1)S(=O)(=O)c1cc2c(cc1Br)OCCO2. The molecule has 0 amide bonds. The number of hydrogen-bond donors (Lipinski definition) is 1. The van der Waals surface area contributed by atoms with E-state index in [1.165, 1.54) is 4.31 Å². The number of halogens is 1. The van der Waals surface area contributed by atoms with Crippen LogP contribution in [-0.2, 0) is 10.0 Å². The first-order valence-electron chi connectivity index (χ1n) is 7.28. The standard InChI is InChI=1S/C14H19BrN2O4S/c1-17(10-2-4-16-5-3-10)22(18,19)14-9-13-12(8-11(14)15)20-6-7-21-13/h8-10,16H,2-7H2,1H3. The lowest BCUT2D eigenvalue weighted by molar-refractivity contribution is 0.171. The molecule has 1 saturated heterocycles. The van der Waals surface area contributed by atoms with Gasteiger partial charge in [0, 0.05) is 23.6 Å². The van der Waals surface area contributed by atoms with Crippen LogP contribution < -0.4 is 14.8 Å². The molecule has 6 nitrogen and oxygen atoms in total. The highest BCUT2D eigenvalue weighted by molar-refractivity contribution is 9.10. The third kappa shape index (κ3) is 2.97. The Morgan fingerprint density at radius 1 is 1.18 bits per heavy atom. The Morgan fingerprint density at radius 2 is 1.77 bits per heavy atom. The largest absolute Gasteiger partial charge is 0.486 e. The van der Waals surface area contributed by atoms with Crippen molar-refractivity contribution in [2.75, 3.05) is 33.4 Å². The average molecular weight is 391 g/mol. The first-order chi connectivity index (χ1) is 10.5. The second kappa shape index (κ2) is 6.35. The third-order valence-corrected chi connectivity index (χ3v) is 6.95. The van der Waals surface area contributed by atoms with Gasteiger partial charge < -0.3 is 14.8 Å². The Balaban J connectivity index is 1.94. The Morgan fingerprint density at radius 3 is 2.41 bits per heavy atom. The lowest BCUT2D eigenvalue weighted by Gasteiger charge is -2.31. The summed E-state index contributed by atoms with van der Waals surface area (Å²) in [7, 11) is -1.93. The molecule has 0 saturated carbocycles. The predicted octanol–water partition coefficient (Wildman–Crippen LogP) is 1.59. The maximum absolute atomic E-state index is 12.9. The summed E-state index contributed by atoms with van der Waals surface area (Å²) < 4.78 is 38.8. The smallest absolute Gasteiger partial charge is 0.244 e. The number of ether oxygens (including phenoxy) is 2. The van der Waals surface area contributed by atoms with E-state index in [0.717, 1.165) is 25.9 Å². The molecule has 0 aromatic heterocycles. The zero-order chi connectivity index (χ0) is 15.7. The van der Waals surface area contributed by atoms with Gasteiger partial charge in [-0.25, -0.2) is 8.42 Å². The molecule has 8 heteroatoms. The molecule has 3 rings (SSSR count). The molecule has 122 valence electrons. The Kier molecular flexibility index (Phi) is 4.63. The average Bonchev–Trinajstić information content (AvgIpc) is 2.54. The van der Waals surface area contributed by atoms with Crippen molar-refractivity contribution in [3.8, 4) is 11.5 Å². The number of sulfonamides is 1. The fraction of sp³-hybridized carbons (Fsp3) is 0.571. The molecule has 1 N–H and O–H groups in total. The maximum Gasteiger partial charge on any atom is 0.244 e. The van der Waals surface area contributed by atoms with Crippen LogP contribution in [0.25, 0.3) is 0 Å². The van der Waals surface area contributed by atoms with E-state index < -0.39 is 10.0 Å². The Bertz CT molecular complexity index is 659. The highest BCUT2D eigenvalue weighted by atomic mass is 79.9. The molecule has 0 atom stereocenters. The fourth-order valence-electron chi connectivity index (χ4n) is 2.76. The number of piperidine rings is 1. The molecule has 0 bridgehead atoms. The van der Waals surface area contributed by atoms with E-state index in [1.807, 2.05) is 0 Å². The van der Waals surface area contributed by atoms with Crippen LogP contribution in [0.15, 0.2) is 21.5 Å². The van der Waals surface area contributed by atoms with E-state index >= 15 is 0 Å². The highest BCUT2D eigenvalue weighted by Gasteiger charge is 2.32. The van der Waals surface area contributed by atoms with Crippen LogP contribution >= 0.6 is 15.9 Å². The molecular weight excluding hydrogens is 372 g/mol. The van der Waals surface area contributed by atoms with Crippen LogP contribution in [0.3, 0.4) is 0 Å². The van der Waals surface area contributed by atoms with Crippen molar-refractivity contribution in [2.24, 2.45) is 0 Å². The zero-order valence-corrected chi connectivity index (χ0v) is 14.7. The van der Waals surface area contributed by atoms with Crippen LogP contribution in [0.2, 0.25) is 0 Å². The molecule has 1 fully saturated rings. The molecule has 2 aliphatic rings. The summed E-state index contributed by atoms with van der Waals surface area (Å²) in [5, 5.41) is 3.25. The van der Waals surface area contributed by atoms with Gasteiger partial charge in [0.25, 0.3) is 0 Å². The van der Waals surface area contributed by atoms with Crippen LogP contribution in [0.1, 0.15) is 12.8 Å². The minimum absolute atomic E-state index is 0.0198. The van der Waals surface area contributed by atoms with E-state index in [1.54, 1.807) is 19.2 Å². The minimum Gasteiger partial charge on any atom is -0.486 e. The van der Waals surface area contributed by atoms with Crippen LogP contribution in [0.5, 0.6) is 11.5 Å². The van der Waals surface area contributed by atoms with Gasteiger partial charge in [-0.3, -0.25) is 0 Å². The predicted molar refractivity (Wildman–Crippen MR) is 86.0 cm³/mol. The second-order valence-electron chi connectivity index (χ2n) is 5.43. The minimum atomic E-state index is -3.58. The molecular formula is C14H19BrN2O4S. The number of benzene rings is 1. The summed E-state index contributed by atoms with van der Waals surface area (Å²) >= 11 is 3.35. The van der Waals surface area contributed by atoms with E-state index in [2.05, 4.69) is 21.2 Å². The van der Waals surface area contributed by atoms with Gasteiger partial charge >= 0.3 is 0 Å². The molecule has 2 aliphatic heterocycles. The van der Waals surface area contributed by atoms with E-state index in [-0.39, 0.29) is 10.9 Å². The van der Waals surface area contributed by atoms with Crippen molar-refractivity contribution < 1.29 is 17.9 Å². The maximum atomic E-state index is 12.9. The van der Waals surface area contributed by atoms with Crippen molar-refractivity contribution in [1.29, 1.82) is 0 Å². The van der Waals surface area contributed by atoms with Crippen LogP contribution in [0, 0.1) is 0 Å². The lowest BCUT2D eigenvalue weighted by atomic mass is 10.1. The van der Waals surface area contributed by atoms with Crippen molar-refractivity contribution in [1.82, 2.24) is 9.62 Å². The number of rotatable bonds is 3. The van der Waals surface area contributed by atoms with Gasteiger partial charge in [-0.2, -0.15) is 4.31 Å². The topological polar surface area (TPSA) is 67.9 Å². The molecule has 0 unspecified atom stereocenters. The number of hydrogen-bond acceptors (Lipinski definition) is 5. The number of nitrogens with zero attached hydrogens (tertiary/aromatic N) is 1. The monoisotopic (exact) mass is 390 g/mol. The van der Waals surface area contributed by atoms with E-state index in [9.17, 15) is 8.42 Å². The van der Waals surface area contributed by atoms with Gasteiger partial charge in [0.05, 0.1) is 0 Å². The zero-order valence-electron chi connectivity index (χ0n) is 12.3. The first kappa shape index (κ1) is 16.0. The van der Waals surface area contributed by atoms with E-state index in [0.29, 0.717) is 29.2 Å².